The van der Waals surface area contributed by atoms with Crippen LogP contribution in [0, 0.1) is 0 Å². The quantitative estimate of drug-likeness (QED) is 0.724. The molecule has 0 bridgehead atoms. The Morgan fingerprint density at radius 2 is 2.17 bits per heavy atom. The fourth-order valence-corrected chi connectivity index (χ4v) is 1.34. The smallest absolute Gasteiger partial charge is 0.335 e. The molecule has 0 saturated heterocycles. The summed E-state index contributed by atoms with van der Waals surface area (Å²) in [7, 11) is 0. The van der Waals surface area contributed by atoms with Crippen molar-refractivity contribution >= 4 is 5.97 Å². The molecule has 1 aromatic carbocycles. The minimum absolute atomic E-state index is 0.402. The van der Waals surface area contributed by atoms with E-state index in [1.165, 1.54) is 18.4 Å². The normalized spacial score (nSPS) is 16.0. The molecule has 0 spiro atoms. The number of hydrogen-bond donors (Lipinski definition) is 1. The highest BCUT2D eigenvalue weighted by Crippen LogP contribution is 2.40. The Morgan fingerprint density at radius 1 is 1.42 bits per heavy atom. The lowest BCUT2D eigenvalue weighted by Crippen LogP contribution is -1.96. The van der Waals surface area contributed by atoms with Gasteiger partial charge < -0.3 is 5.11 Å². The average molecular weight is 162 g/mol. The van der Waals surface area contributed by atoms with Crippen LogP contribution in [0.5, 0.6) is 0 Å². The first kappa shape index (κ1) is 7.35. The molecule has 0 aliphatic heterocycles. The summed E-state index contributed by atoms with van der Waals surface area (Å²) in [5.74, 6) is -0.207. The molecule has 1 N–H and O–H groups in total. The standard InChI is InChI=1S/C10H10O2/c11-10(12)9-3-1-2-8(6-9)7-4-5-7/h1-3,6-7H,4-5H2,(H,11,12). The highest BCUT2D eigenvalue weighted by molar-refractivity contribution is 5.87. The molecule has 0 heterocycles. The van der Waals surface area contributed by atoms with Gasteiger partial charge in [0, 0.05) is 0 Å². The summed E-state index contributed by atoms with van der Waals surface area (Å²) >= 11 is 0. The third-order valence-corrected chi connectivity index (χ3v) is 2.18. The molecule has 0 unspecified atom stereocenters. The van der Waals surface area contributed by atoms with E-state index in [2.05, 4.69) is 0 Å². The Balaban J connectivity index is 2.32. The molecular weight excluding hydrogens is 152 g/mol. The van der Waals surface area contributed by atoms with E-state index in [0.29, 0.717) is 11.5 Å². The van der Waals surface area contributed by atoms with Crippen molar-refractivity contribution in [3.8, 4) is 0 Å². The van der Waals surface area contributed by atoms with Gasteiger partial charge in [-0.1, -0.05) is 12.1 Å². The Morgan fingerprint density at radius 3 is 2.75 bits per heavy atom. The van der Waals surface area contributed by atoms with Crippen molar-refractivity contribution in [1.29, 1.82) is 0 Å². The fraction of sp³-hybridized carbons (Fsp3) is 0.300. The van der Waals surface area contributed by atoms with Crippen LogP contribution in [0.3, 0.4) is 0 Å². The Labute approximate surface area is 70.8 Å². The van der Waals surface area contributed by atoms with Crippen molar-refractivity contribution in [2.24, 2.45) is 0 Å². The molecule has 1 fully saturated rings. The van der Waals surface area contributed by atoms with Crippen LogP contribution < -0.4 is 0 Å². The third kappa shape index (κ3) is 1.33. The minimum atomic E-state index is -0.836. The van der Waals surface area contributed by atoms with Crippen molar-refractivity contribution < 1.29 is 9.90 Å². The Kier molecular flexibility index (Phi) is 1.61. The van der Waals surface area contributed by atoms with Gasteiger partial charge in [-0.15, -0.1) is 0 Å². The van der Waals surface area contributed by atoms with Gasteiger partial charge in [0.25, 0.3) is 0 Å². The van der Waals surface area contributed by atoms with Gasteiger partial charge in [0.1, 0.15) is 0 Å². The van der Waals surface area contributed by atoms with Gasteiger partial charge in [0.15, 0.2) is 0 Å². The van der Waals surface area contributed by atoms with Gasteiger partial charge in [-0.2, -0.15) is 0 Å². The van der Waals surface area contributed by atoms with E-state index in [4.69, 9.17) is 5.11 Å². The molecule has 2 nitrogen and oxygen atoms in total. The summed E-state index contributed by atoms with van der Waals surface area (Å²) in [4.78, 5) is 10.6. The molecular formula is C10H10O2. The van der Waals surface area contributed by atoms with E-state index >= 15 is 0 Å². The van der Waals surface area contributed by atoms with Gasteiger partial charge in [-0.3, -0.25) is 0 Å². The first-order valence-corrected chi connectivity index (χ1v) is 4.10. The molecule has 12 heavy (non-hydrogen) atoms. The van der Waals surface area contributed by atoms with Crippen LogP contribution in [0.15, 0.2) is 24.3 Å². The predicted molar refractivity (Wildman–Crippen MR) is 45.4 cm³/mol. The lowest BCUT2D eigenvalue weighted by atomic mass is 10.1. The largest absolute Gasteiger partial charge is 0.478 e. The Bertz CT molecular complexity index is 313. The highest BCUT2D eigenvalue weighted by atomic mass is 16.4. The van der Waals surface area contributed by atoms with Crippen molar-refractivity contribution in [2.45, 2.75) is 18.8 Å². The van der Waals surface area contributed by atoms with E-state index in [1.54, 1.807) is 12.1 Å². The van der Waals surface area contributed by atoms with E-state index < -0.39 is 5.97 Å². The molecule has 2 rings (SSSR count). The second kappa shape index (κ2) is 2.63. The van der Waals surface area contributed by atoms with Crippen LogP contribution in [-0.4, -0.2) is 11.1 Å². The van der Waals surface area contributed by atoms with Crippen LogP contribution in [0.25, 0.3) is 0 Å². The van der Waals surface area contributed by atoms with Crippen molar-refractivity contribution in [2.75, 3.05) is 0 Å². The molecule has 1 aliphatic rings. The second-order valence-corrected chi connectivity index (χ2v) is 3.20. The summed E-state index contributed by atoms with van der Waals surface area (Å²) in [5, 5.41) is 8.71. The zero-order valence-electron chi connectivity index (χ0n) is 6.66. The van der Waals surface area contributed by atoms with Gasteiger partial charge >= 0.3 is 5.97 Å². The number of benzene rings is 1. The number of carbonyl (C=O) groups is 1. The van der Waals surface area contributed by atoms with E-state index in [-0.39, 0.29) is 0 Å². The first-order chi connectivity index (χ1) is 5.77. The van der Waals surface area contributed by atoms with Crippen molar-refractivity contribution in [3.63, 3.8) is 0 Å². The van der Waals surface area contributed by atoms with Crippen LogP contribution in [0.1, 0.15) is 34.7 Å². The molecule has 0 atom stereocenters. The molecule has 1 aromatic rings. The van der Waals surface area contributed by atoms with Gasteiger partial charge in [0.2, 0.25) is 0 Å². The lowest BCUT2D eigenvalue weighted by molar-refractivity contribution is 0.0697. The molecule has 62 valence electrons. The maximum Gasteiger partial charge on any atom is 0.335 e. The van der Waals surface area contributed by atoms with Crippen LogP contribution in [0.2, 0.25) is 0 Å². The van der Waals surface area contributed by atoms with Crippen LogP contribution in [-0.2, 0) is 0 Å². The maximum absolute atomic E-state index is 10.6. The second-order valence-electron chi connectivity index (χ2n) is 3.20. The molecule has 1 aliphatic carbocycles. The zero-order valence-corrected chi connectivity index (χ0v) is 6.66. The number of hydrogen-bond acceptors (Lipinski definition) is 1. The summed E-state index contributed by atoms with van der Waals surface area (Å²) in [6.07, 6.45) is 2.42. The Hall–Kier alpha value is -1.31. The van der Waals surface area contributed by atoms with Gasteiger partial charge in [0.05, 0.1) is 5.56 Å². The topological polar surface area (TPSA) is 37.3 Å². The van der Waals surface area contributed by atoms with Crippen LogP contribution >= 0.6 is 0 Å². The third-order valence-electron chi connectivity index (χ3n) is 2.18. The molecule has 0 radical (unpaired) electrons. The lowest BCUT2D eigenvalue weighted by Gasteiger charge is -1.98. The van der Waals surface area contributed by atoms with E-state index in [9.17, 15) is 4.79 Å². The van der Waals surface area contributed by atoms with Crippen molar-refractivity contribution in [3.05, 3.63) is 35.4 Å². The number of carboxylic acids is 1. The molecule has 2 heteroatoms. The predicted octanol–water partition coefficient (Wildman–Crippen LogP) is 2.26. The van der Waals surface area contributed by atoms with Crippen molar-refractivity contribution in [1.82, 2.24) is 0 Å². The number of aromatic carboxylic acids is 1. The monoisotopic (exact) mass is 162 g/mol. The fourth-order valence-electron chi connectivity index (χ4n) is 1.34. The minimum Gasteiger partial charge on any atom is -0.478 e. The van der Waals surface area contributed by atoms with E-state index in [1.807, 2.05) is 12.1 Å². The number of rotatable bonds is 2. The molecule has 0 aromatic heterocycles. The van der Waals surface area contributed by atoms with Crippen LogP contribution in [0.4, 0.5) is 0 Å². The van der Waals surface area contributed by atoms with Gasteiger partial charge in [-0.25, -0.2) is 4.79 Å². The SMILES string of the molecule is O=C(O)c1cccc(C2CC2)c1. The maximum atomic E-state index is 10.6. The molecule has 0 amide bonds. The summed E-state index contributed by atoms with van der Waals surface area (Å²) in [6, 6.07) is 7.23. The summed E-state index contributed by atoms with van der Waals surface area (Å²) in [5.41, 5.74) is 1.58. The highest BCUT2D eigenvalue weighted by Gasteiger charge is 2.23. The van der Waals surface area contributed by atoms with E-state index in [0.717, 1.165) is 0 Å². The van der Waals surface area contributed by atoms with Gasteiger partial charge in [-0.05, 0) is 36.5 Å². The summed E-state index contributed by atoms with van der Waals surface area (Å²) < 4.78 is 0. The average Bonchev–Trinajstić information content (AvgIpc) is 2.87. The summed E-state index contributed by atoms with van der Waals surface area (Å²) in [6.45, 7) is 0. The first-order valence-electron chi connectivity index (χ1n) is 4.10. The zero-order chi connectivity index (χ0) is 8.55. The molecule has 1 saturated carbocycles. The number of carboxylic acid groups (broad SMARTS) is 1.